The summed E-state index contributed by atoms with van der Waals surface area (Å²) in [6, 6.07) is 2.32. The van der Waals surface area contributed by atoms with E-state index in [0.717, 1.165) is 50.3 Å². The standard InChI is InChI=1S/C16H21N5OS/c17-11-14-15(19-6-5-18-14)20-13-3-1-12(2-4-13)16(22)21-7-9-23-10-8-21/h5-6,12-13H,1-4,7-10H2,(H,19,20). The lowest BCUT2D eigenvalue weighted by Gasteiger charge is -2.34. The van der Waals surface area contributed by atoms with Gasteiger partial charge in [-0.3, -0.25) is 4.79 Å². The van der Waals surface area contributed by atoms with Crippen molar-refractivity contribution in [1.29, 1.82) is 5.26 Å². The molecule has 7 heteroatoms. The predicted octanol–water partition coefficient (Wildman–Crippen LogP) is 1.89. The quantitative estimate of drug-likeness (QED) is 0.911. The first-order chi connectivity index (χ1) is 11.3. The minimum atomic E-state index is 0.161. The van der Waals surface area contributed by atoms with Crippen molar-refractivity contribution in [2.24, 2.45) is 5.92 Å². The molecule has 2 aliphatic rings. The number of nitriles is 1. The fourth-order valence-corrected chi connectivity index (χ4v) is 4.15. The maximum Gasteiger partial charge on any atom is 0.225 e. The highest BCUT2D eigenvalue weighted by Gasteiger charge is 2.30. The fourth-order valence-electron chi connectivity index (χ4n) is 3.25. The van der Waals surface area contributed by atoms with E-state index in [2.05, 4.69) is 21.4 Å². The molecule has 122 valence electrons. The number of carbonyl (C=O) groups excluding carboxylic acids is 1. The summed E-state index contributed by atoms with van der Waals surface area (Å²) < 4.78 is 0. The topological polar surface area (TPSA) is 81.9 Å². The van der Waals surface area contributed by atoms with Crippen LogP contribution in [0.1, 0.15) is 31.4 Å². The molecule has 0 spiro atoms. The Morgan fingerprint density at radius 2 is 1.91 bits per heavy atom. The van der Waals surface area contributed by atoms with Crippen LogP contribution in [0.5, 0.6) is 0 Å². The summed E-state index contributed by atoms with van der Waals surface area (Å²) in [5.41, 5.74) is 0.330. The van der Waals surface area contributed by atoms with Crippen LogP contribution in [-0.2, 0) is 4.79 Å². The lowest BCUT2D eigenvalue weighted by Crippen LogP contribution is -2.43. The van der Waals surface area contributed by atoms with Gasteiger partial charge in [0.1, 0.15) is 6.07 Å². The molecule has 1 saturated heterocycles. The summed E-state index contributed by atoms with van der Waals surface area (Å²) >= 11 is 1.92. The molecule has 1 aromatic rings. The Hall–Kier alpha value is -1.81. The average molecular weight is 331 g/mol. The van der Waals surface area contributed by atoms with Crippen LogP contribution in [0.2, 0.25) is 0 Å². The van der Waals surface area contributed by atoms with E-state index < -0.39 is 0 Å². The Bertz CT molecular complexity index is 588. The first-order valence-electron chi connectivity index (χ1n) is 8.12. The third-order valence-electron chi connectivity index (χ3n) is 4.54. The molecule has 0 aromatic carbocycles. The summed E-state index contributed by atoms with van der Waals surface area (Å²) in [7, 11) is 0. The first-order valence-corrected chi connectivity index (χ1v) is 9.27. The fraction of sp³-hybridized carbons (Fsp3) is 0.625. The van der Waals surface area contributed by atoms with Gasteiger partial charge in [-0.25, -0.2) is 9.97 Å². The maximum absolute atomic E-state index is 12.5. The van der Waals surface area contributed by atoms with E-state index in [0.29, 0.717) is 17.4 Å². The summed E-state index contributed by atoms with van der Waals surface area (Å²) in [5, 5.41) is 12.4. The SMILES string of the molecule is N#Cc1nccnc1NC1CCC(C(=O)N2CCSCC2)CC1. The zero-order valence-electron chi connectivity index (χ0n) is 13.1. The average Bonchev–Trinajstić information content (AvgIpc) is 2.63. The van der Waals surface area contributed by atoms with Crippen molar-refractivity contribution >= 4 is 23.5 Å². The van der Waals surface area contributed by atoms with E-state index in [-0.39, 0.29) is 12.0 Å². The molecule has 0 unspecified atom stereocenters. The summed E-state index contributed by atoms with van der Waals surface area (Å²) in [6.45, 7) is 1.79. The van der Waals surface area contributed by atoms with E-state index >= 15 is 0 Å². The number of carbonyl (C=O) groups is 1. The predicted molar refractivity (Wildman–Crippen MR) is 90.0 cm³/mol. The Labute approximate surface area is 140 Å². The molecule has 23 heavy (non-hydrogen) atoms. The highest BCUT2D eigenvalue weighted by molar-refractivity contribution is 7.99. The number of rotatable bonds is 3. The van der Waals surface area contributed by atoms with Gasteiger partial charge in [0.25, 0.3) is 0 Å². The summed E-state index contributed by atoms with van der Waals surface area (Å²) in [4.78, 5) is 22.8. The van der Waals surface area contributed by atoms with Crippen LogP contribution < -0.4 is 5.32 Å². The van der Waals surface area contributed by atoms with Crippen molar-refractivity contribution in [3.05, 3.63) is 18.1 Å². The lowest BCUT2D eigenvalue weighted by molar-refractivity contribution is -0.136. The highest BCUT2D eigenvalue weighted by Crippen LogP contribution is 2.28. The molecule has 1 N–H and O–H groups in total. The zero-order valence-corrected chi connectivity index (χ0v) is 13.9. The van der Waals surface area contributed by atoms with E-state index in [1.165, 1.54) is 6.20 Å². The van der Waals surface area contributed by atoms with Crippen LogP contribution in [0.4, 0.5) is 5.82 Å². The van der Waals surface area contributed by atoms with Crippen LogP contribution in [-0.4, -0.2) is 51.4 Å². The lowest BCUT2D eigenvalue weighted by atomic mass is 9.85. The second kappa shape index (κ2) is 7.64. The minimum Gasteiger partial charge on any atom is -0.365 e. The number of aromatic nitrogens is 2. The van der Waals surface area contributed by atoms with E-state index in [1.54, 1.807) is 6.20 Å². The number of hydrogen-bond acceptors (Lipinski definition) is 6. The van der Waals surface area contributed by atoms with Gasteiger partial charge in [0.05, 0.1) is 0 Å². The van der Waals surface area contributed by atoms with Gasteiger partial charge in [0, 0.05) is 48.9 Å². The van der Waals surface area contributed by atoms with E-state index in [9.17, 15) is 4.79 Å². The molecular formula is C16H21N5OS. The number of nitrogens with one attached hydrogen (secondary N) is 1. The zero-order chi connectivity index (χ0) is 16.1. The Morgan fingerprint density at radius 3 is 2.61 bits per heavy atom. The van der Waals surface area contributed by atoms with Crippen LogP contribution >= 0.6 is 11.8 Å². The number of amides is 1. The Morgan fingerprint density at radius 1 is 1.22 bits per heavy atom. The largest absolute Gasteiger partial charge is 0.365 e. The third-order valence-corrected chi connectivity index (χ3v) is 5.49. The number of nitrogens with zero attached hydrogens (tertiary/aromatic N) is 4. The van der Waals surface area contributed by atoms with Gasteiger partial charge < -0.3 is 10.2 Å². The first kappa shape index (κ1) is 16.1. The molecule has 1 aliphatic heterocycles. The molecule has 0 radical (unpaired) electrons. The van der Waals surface area contributed by atoms with Crippen LogP contribution in [0.25, 0.3) is 0 Å². The van der Waals surface area contributed by atoms with Gasteiger partial charge in [0.15, 0.2) is 11.5 Å². The van der Waals surface area contributed by atoms with Gasteiger partial charge in [-0.2, -0.15) is 17.0 Å². The number of hydrogen-bond donors (Lipinski definition) is 1. The number of anilines is 1. The molecule has 1 aromatic heterocycles. The van der Waals surface area contributed by atoms with Gasteiger partial charge in [-0.1, -0.05) is 0 Å². The van der Waals surface area contributed by atoms with Crippen LogP contribution in [0, 0.1) is 17.2 Å². The van der Waals surface area contributed by atoms with Gasteiger partial charge in [0.2, 0.25) is 5.91 Å². The van der Waals surface area contributed by atoms with Crippen LogP contribution in [0.3, 0.4) is 0 Å². The van der Waals surface area contributed by atoms with E-state index in [4.69, 9.17) is 5.26 Å². The number of thioether (sulfide) groups is 1. The molecule has 2 fully saturated rings. The second-order valence-corrected chi connectivity index (χ2v) is 7.22. The molecule has 3 rings (SSSR count). The van der Waals surface area contributed by atoms with Gasteiger partial charge in [-0.05, 0) is 25.7 Å². The van der Waals surface area contributed by atoms with Crippen molar-refractivity contribution in [2.45, 2.75) is 31.7 Å². The normalized spacial score (nSPS) is 24.7. The molecule has 1 amide bonds. The van der Waals surface area contributed by atoms with Crippen molar-refractivity contribution in [3.8, 4) is 6.07 Å². The molecule has 0 atom stereocenters. The smallest absolute Gasteiger partial charge is 0.225 e. The highest BCUT2D eigenvalue weighted by atomic mass is 32.2. The molecule has 6 nitrogen and oxygen atoms in total. The van der Waals surface area contributed by atoms with Gasteiger partial charge >= 0.3 is 0 Å². The van der Waals surface area contributed by atoms with Crippen molar-refractivity contribution in [2.75, 3.05) is 29.9 Å². The third kappa shape index (κ3) is 3.94. The van der Waals surface area contributed by atoms with Crippen molar-refractivity contribution < 1.29 is 4.79 Å². The van der Waals surface area contributed by atoms with Crippen LogP contribution in [0.15, 0.2) is 12.4 Å². The minimum absolute atomic E-state index is 0.161. The van der Waals surface area contributed by atoms with E-state index in [1.807, 2.05) is 16.7 Å². The molecule has 0 bridgehead atoms. The Balaban J connectivity index is 1.52. The Kier molecular flexibility index (Phi) is 5.34. The maximum atomic E-state index is 12.5. The van der Waals surface area contributed by atoms with Crippen molar-refractivity contribution in [1.82, 2.24) is 14.9 Å². The van der Waals surface area contributed by atoms with Crippen molar-refractivity contribution in [3.63, 3.8) is 0 Å². The molecule has 2 heterocycles. The molecule has 1 aliphatic carbocycles. The monoisotopic (exact) mass is 331 g/mol. The van der Waals surface area contributed by atoms with Gasteiger partial charge in [-0.15, -0.1) is 0 Å². The second-order valence-electron chi connectivity index (χ2n) is 6.00. The summed E-state index contributed by atoms with van der Waals surface area (Å²) in [5.74, 6) is 3.17. The molecular weight excluding hydrogens is 310 g/mol. The summed E-state index contributed by atoms with van der Waals surface area (Å²) in [6.07, 6.45) is 6.79. The molecule has 1 saturated carbocycles.